The summed E-state index contributed by atoms with van der Waals surface area (Å²) in [7, 11) is 3.36. The summed E-state index contributed by atoms with van der Waals surface area (Å²) in [5.74, 6) is 0.789. The van der Waals surface area contributed by atoms with Crippen molar-refractivity contribution in [2.45, 2.75) is 19.3 Å². The van der Waals surface area contributed by atoms with E-state index in [0.717, 1.165) is 42.2 Å². The maximum absolute atomic E-state index is 9.24. The predicted molar refractivity (Wildman–Crippen MR) is 85.7 cm³/mol. The van der Waals surface area contributed by atoms with Gasteiger partial charge in [-0.3, -0.25) is 4.79 Å². The van der Waals surface area contributed by atoms with Crippen LogP contribution in [0.15, 0.2) is 41.1 Å². The minimum absolute atomic E-state index is 0.278. The van der Waals surface area contributed by atoms with Gasteiger partial charge in [0.1, 0.15) is 11.5 Å². The zero-order chi connectivity index (χ0) is 16.4. The van der Waals surface area contributed by atoms with Crippen molar-refractivity contribution in [3.8, 4) is 5.75 Å². The number of ether oxygens (including phenoxy) is 2. The molecule has 0 amide bonds. The molecule has 0 heterocycles. The summed E-state index contributed by atoms with van der Waals surface area (Å²) >= 11 is 0. The largest absolute Gasteiger partial charge is 0.497 e. The minimum atomic E-state index is -0.968. The number of aliphatic carboxylic acids is 1. The number of allylic oxidation sites excluding steroid dienone is 2. The highest BCUT2D eigenvalue weighted by Crippen LogP contribution is 2.22. The average molecular weight is 306 g/mol. The summed E-state index contributed by atoms with van der Waals surface area (Å²) in [5, 5.41) is 7.60. The van der Waals surface area contributed by atoms with Crippen molar-refractivity contribution in [2.24, 2.45) is 10.7 Å². The van der Waals surface area contributed by atoms with Gasteiger partial charge in [0.2, 0.25) is 0 Å². The number of nitrogens with zero attached hydrogens (tertiary/aromatic N) is 1. The average Bonchev–Trinajstić information content (AvgIpc) is 2.56. The van der Waals surface area contributed by atoms with Crippen LogP contribution in [0, 0.1) is 0 Å². The van der Waals surface area contributed by atoms with Crippen LogP contribution in [-0.4, -0.2) is 37.6 Å². The van der Waals surface area contributed by atoms with Gasteiger partial charge in [0.25, 0.3) is 0 Å². The quantitative estimate of drug-likeness (QED) is 0.891. The fourth-order valence-electron chi connectivity index (χ4n) is 1.87. The Bertz CT molecular complexity index is 536. The van der Waals surface area contributed by atoms with Gasteiger partial charge in [-0.15, -0.1) is 0 Å². The van der Waals surface area contributed by atoms with Gasteiger partial charge in [0.05, 0.1) is 32.2 Å². The van der Waals surface area contributed by atoms with Crippen LogP contribution in [0.1, 0.15) is 19.3 Å². The molecule has 0 saturated heterocycles. The van der Waals surface area contributed by atoms with Gasteiger partial charge in [-0.25, -0.2) is 4.99 Å². The molecular formula is C16H22N2O4. The lowest BCUT2D eigenvalue weighted by molar-refractivity contribution is -0.135. The van der Waals surface area contributed by atoms with Crippen molar-refractivity contribution < 1.29 is 19.4 Å². The summed E-state index contributed by atoms with van der Waals surface area (Å²) in [6.07, 6.45) is 5.30. The number of carboxylic acids is 1. The summed E-state index contributed by atoms with van der Waals surface area (Å²) in [4.78, 5) is 13.9. The molecule has 1 aliphatic carbocycles. The second-order valence-corrected chi connectivity index (χ2v) is 4.52. The van der Waals surface area contributed by atoms with E-state index in [-0.39, 0.29) is 6.54 Å². The molecule has 0 atom stereocenters. The lowest BCUT2D eigenvalue weighted by atomic mass is 10.0. The van der Waals surface area contributed by atoms with Crippen molar-refractivity contribution in [1.29, 1.82) is 0 Å². The first-order valence-corrected chi connectivity index (χ1v) is 6.98. The van der Waals surface area contributed by atoms with E-state index in [1.165, 1.54) is 0 Å². The molecule has 1 aromatic carbocycles. The molecule has 0 bridgehead atoms. The van der Waals surface area contributed by atoms with E-state index in [4.69, 9.17) is 14.6 Å². The molecule has 22 heavy (non-hydrogen) atoms. The molecule has 0 unspecified atom stereocenters. The smallest absolute Gasteiger partial charge is 0.317 e. The molecule has 6 nitrogen and oxygen atoms in total. The first-order chi connectivity index (χ1) is 10.6. The highest BCUT2D eigenvalue weighted by atomic mass is 16.5. The van der Waals surface area contributed by atoms with Crippen LogP contribution in [-0.2, 0) is 9.53 Å². The Morgan fingerprint density at radius 2 is 1.91 bits per heavy atom. The molecule has 6 heteroatoms. The topological polar surface area (TPSA) is 94.1 Å². The number of carboxylic acid groups (broad SMARTS) is 1. The highest BCUT2D eigenvalue weighted by molar-refractivity contribution is 6.00. The van der Waals surface area contributed by atoms with Crippen molar-refractivity contribution in [3.05, 3.63) is 36.1 Å². The SMILES string of the molecule is COC1=CCCCC1=Nc1ccc(OC)cc1.NCC(=O)O. The Balaban J connectivity index is 0.000000422. The van der Waals surface area contributed by atoms with Crippen LogP contribution >= 0.6 is 0 Å². The normalized spacial score (nSPS) is 15.4. The molecule has 0 spiro atoms. The molecule has 0 saturated carbocycles. The molecule has 120 valence electrons. The van der Waals surface area contributed by atoms with Gasteiger partial charge in [0, 0.05) is 0 Å². The van der Waals surface area contributed by atoms with Gasteiger partial charge in [-0.1, -0.05) is 0 Å². The Hall–Kier alpha value is -2.34. The number of methoxy groups -OCH3 is 2. The van der Waals surface area contributed by atoms with Gasteiger partial charge in [-0.05, 0) is 49.6 Å². The van der Waals surface area contributed by atoms with E-state index in [9.17, 15) is 4.79 Å². The van der Waals surface area contributed by atoms with Crippen LogP contribution in [0.3, 0.4) is 0 Å². The third-order valence-corrected chi connectivity index (χ3v) is 2.96. The van der Waals surface area contributed by atoms with Crippen molar-refractivity contribution in [1.82, 2.24) is 0 Å². The molecule has 0 aromatic heterocycles. The summed E-state index contributed by atoms with van der Waals surface area (Å²) in [6.45, 7) is -0.278. The number of hydrogen-bond donors (Lipinski definition) is 2. The van der Waals surface area contributed by atoms with Crippen molar-refractivity contribution in [3.63, 3.8) is 0 Å². The molecular weight excluding hydrogens is 284 g/mol. The molecule has 1 aliphatic rings. The Labute approximate surface area is 130 Å². The predicted octanol–water partition coefficient (Wildman–Crippen LogP) is 2.51. The van der Waals surface area contributed by atoms with Crippen LogP contribution in [0.25, 0.3) is 0 Å². The number of aliphatic imine (C=N–C) groups is 1. The third kappa shape index (κ3) is 5.97. The number of rotatable bonds is 4. The number of carbonyl (C=O) groups is 1. The highest BCUT2D eigenvalue weighted by Gasteiger charge is 2.11. The number of nitrogens with two attached hydrogens (primary N) is 1. The maximum atomic E-state index is 9.24. The van der Waals surface area contributed by atoms with E-state index >= 15 is 0 Å². The third-order valence-electron chi connectivity index (χ3n) is 2.96. The van der Waals surface area contributed by atoms with Gasteiger partial charge >= 0.3 is 5.97 Å². The zero-order valence-corrected chi connectivity index (χ0v) is 12.9. The van der Waals surface area contributed by atoms with Crippen LogP contribution in [0.4, 0.5) is 5.69 Å². The van der Waals surface area contributed by atoms with Crippen molar-refractivity contribution >= 4 is 17.4 Å². The monoisotopic (exact) mass is 306 g/mol. The van der Waals surface area contributed by atoms with Crippen molar-refractivity contribution in [2.75, 3.05) is 20.8 Å². The molecule has 0 radical (unpaired) electrons. The molecule has 0 fully saturated rings. The lowest BCUT2D eigenvalue weighted by Crippen LogP contribution is -2.10. The van der Waals surface area contributed by atoms with E-state index in [2.05, 4.69) is 16.8 Å². The molecule has 0 aliphatic heterocycles. The lowest BCUT2D eigenvalue weighted by Gasteiger charge is -2.14. The van der Waals surface area contributed by atoms with E-state index in [0.29, 0.717) is 0 Å². The minimum Gasteiger partial charge on any atom is -0.497 e. The summed E-state index contributed by atoms with van der Waals surface area (Å²) in [5.41, 5.74) is 6.54. The van der Waals surface area contributed by atoms with Crippen LogP contribution < -0.4 is 10.5 Å². The number of hydrogen-bond acceptors (Lipinski definition) is 5. The second kappa shape index (κ2) is 9.57. The van der Waals surface area contributed by atoms with E-state index in [1.807, 2.05) is 24.3 Å². The van der Waals surface area contributed by atoms with Gasteiger partial charge in [-0.2, -0.15) is 0 Å². The first-order valence-electron chi connectivity index (χ1n) is 6.98. The van der Waals surface area contributed by atoms with Gasteiger partial charge in [0.15, 0.2) is 0 Å². The summed E-state index contributed by atoms with van der Waals surface area (Å²) < 4.78 is 10.4. The second-order valence-electron chi connectivity index (χ2n) is 4.52. The standard InChI is InChI=1S/C14H17NO2.C2H5NO2/c1-16-12-9-7-11(8-10-12)15-13-5-3-4-6-14(13)17-2;3-1-2(4)5/h6-10H,3-5H2,1-2H3;1,3H2,(H,4,5). The molecule has 3 N–H and O–H groups in total. The molecule has 1 aromatic rings. The first kappa shape index (κ1) is 17.7. The van der Waals surface area contributed by atoms with Crippen LogP contribution in [0.5, 0.6) is 5.75 Å². The Morgan fingerprint density at radius 1 is 1.27 bits per heavy atom. The van der Waals surface area contributed by atoms with Crippen LogP contribution in [0.2, 0.25) is 0 Å². The maximum Gasteiger partial charge on any atom is 0.317 e. The Morgan fingerprint density at radius 3 is 2.41 bits per heavy atom. The fourth-order valence-corrected chi connectivity index (χ4v) is 1.87. The summed E-state index contributed by atoms with van der Waals surface area (Å²) in [6, 6.07) is 7.73. The number of benzene rings is 1. The molecule has 2 rings (SSSR count). The van der Waals surface area contributed by atoms with Gasteiger partial charge < -0.3 is 20.3 Å². The van der Waals surface area contributed by atoms with E-state index < -0.39 is 5.97 Å². The Kier molecular flexibility index (Phi) is 7.70. The van der Waals surface area contributed by atoms with E-state index in [1.54, 1.807) is 14.2 Å². The zero-order valence-electron chi connectivity index (χ0n) is 12.9. The fraction of sp³-hybridized carbons (Fsp3) is 0.375.